The molecule has 1 aromatic heterocycles. The van der Waals surface area contributed by atoms with Gasteiger partial charge in [-0.3, -0.25) is 9.48 Å². The Morgan fingerprint density at radius 1 is 1.53 bits per heavy atom. The third-order valence-electron chi connectivity index (χ3n) is 3.78. The van der Waals surface area contributed by atoms with Gasteiger partial charge in [0.25, 0.3) is 5.91 Å². The van der Waals surface area contributed by atoms with E-state index in [0.717, 1.165) is 25.2 Å². The zero-order valence-electron chi connectivity index (χ0n) is 12.3. The van der Waals surface area contributed by atoms with E-state index in [9.17, 15) is 4.79 Å². The molecule has 1 saturated heterocycles. The highest BCUT2D eigenvalue weighted by Gasteiger charge is 2.29. The molecular weight excluding hydrogens is 240 g/mol. The van der Waals surface area contributed by atoms with Gasteiger partial charge in [-0.1, -0.05) is 0 Å². The highest BCUT2D eigenvalue weighted by atomic mass is 16.2. The number of carbonyl (C=O) groups excluding carboxylic acids is 1. The first-order valence-corrected chi connectivity index (χ1v) is 6.89. The Morgan fingerprint density at radius 2 is 2.21 bits per heavy atom. The molecule has 2 heterocycles. The molecule has 19 heavy (non-hydrogen) atoms. The first-order chi connectivity index (χ1) is 8.84. The van der Waals surface area contributed by atoms with Gasteiger partial charge in [-0.05, 0) is 46.6 Å². The zero-order chi connectivity index (χ0) is 14.2. The summed E-state index contributed by atoms with van der Waals surface area (Å²) in [4.78, 5) is 14.4. The predicted octanol–water partition coefficient (Wildman–Crippen LogP) is 1.37. The lowest BCUT2D eigenvalue weighted by atomic mass is 10.1. The van der Waals surface area contributed by atoms with Gasteiger partial charge in [0.15, 0.2) is 0 Å². The molecule has 1 aliphatic rings. The fraction of sp³-hybridized carbons (Fsp3) is 0.714. The average molecular weight is 264 g/mol. The van der Waals surface area contributed by atoms with Gasteiger partial charge in [-0.2, -0.15) is 5.10 Å². The smallest absolute Gasteiger partial charge is 0.257 e. The molecular formula is C14H24N4O. The van der Waals surface area contributed by atoms with Crippen LogP contribution in [0.25, 0.3) is 0 Å². The second-order valence-corrected chi connectivity index (χ2v) is 6.37. The number of nitrogens with two attached hydrogens (primary N) is 1. The van der Waals surface area contributed by atoms with Gasteiger partial charge < -0.3 is 10.6 Å². The SMILES string of the molecule is Cc1c(C(=O)N2CC[C@H](CN)C2)cnn1C(C)(C)C. The number of hydrogen-bond acceptors (Lipinski definition) is 3. The minimum atomic E-state index is -0.104. The minimum absolute atomic E-state index is 0.0870. The first kappa shape index (κ1) is 14.1. The number of carbonyl (C=O) groups is 1. The molecule has 1 fully saturated rings. The lowest BCUT2D eigenvalue weighted by molar-refractivity contribution is 0.0786. The van der Waals surface area contributed by atoms with Crippen molar-refractivity contribution < 1.29 is 4.79 Å². The molecule has 0 spiro atoms. The number of hydrogen-bond donors (Lipinski definition) is 1. The van der Waals surface area contributed by atoms with Gasteiger partial charge >= 0.3 is 0 Å². The second kappa shape index (κ2) is 4.96. The maximum atomic E-state index is 12.5. The molecule has 5 heteroatoms. The van der Waals surface area contributed by atoms with E-state index in [1.165, 1.54) is 0 Å². The van der Waals surface area contributed by atoms with Crippen LogP contribution in [0.2, 0.25) is 0 Å². The van der Waals surface area contributed by atoms with E-state index in [-0.39, 0.29) is 11.4 Å². The van der Waals surface area contributed by atoms with Gasteiger partial charge in [0, 0.05) is 18.8 Å². The van der Waals surface area contributed by atoms with Gasteiger partial charge in [0.05, 0.1) is 17.3 Å². The third-order valence-corrected chi connectivity index (χ3v) is 3.78. The maximum absolute atomic E-state index is 12.5. The number of rotatable bonds is 2. The Bertz CT molecular complexity index is 472. The van der Waals surface area contributed by atoms with Crippen LogP contribution in [-0.2, 0) is 5.54 Å². The first-order valence-electron chi connectivity index (χ1n) is 6.89. The largest absolute Gasteiger partial charge is 0.338 e. The van der Waals surface area contributed by atoms with Crippen LogP contribution in [0.1, 0.15) is 43.2 Å². The monoisotopic (exact) mass is 264 g/mol. The molecule has 1 aromatic rings. The van der Waals surface area contributed by atoms with E-state index < -0.39 is 0 Å². The molecule has 0 radical (unpaired) electrons. The van der Waals surface area contributed by atoms with Crippen molar-refractivity contribution in [2.75, 3.05) is 19.6 Å². The van der Waals surface area contributed by atoms with Crippen molar-refractivity contribution in [1.29, 1.82) is 0 Å². The fourth-order valence-electron chi connectivity index (χ4n) is 2.68. The summed E-state index contributed by atoms with van der Waals surface area (Å²) in [6.45, 7) is 10.5. The summed E-state index contributed by atoms with van der Waals surface area (Å²) in [5.41, 5.74) is 7.22. The van der Waals surface area contributed by atoms with E-state index >= 15 is 0 Å². The maximum Gasteiger partial charge on any atom is 0.257 e. The van der Waals surface area contributed by atoms with Gasteiger partial charge in [-0.25, -0.2) is 0 Å². The van der Waals surface area contributed by atoms with Crippen molar-refractivity contribution in [2.45, 2.75) is 39.7 Å². The van der Waals surface area contributed by atoms with Crippen molar-refractivity contribution in [3.63, 3.8) is 0 Å². The summed E-state index contributed by atoms with van der Waals surface area (Å²) in [6, 6.07) is 0. The number of amides is 1. The van der Waals surface area contributed by atoms with Crippen LogP contribution in [0.4, 0.5) is 0 Å². The molecule has 0 aromatic carbocycles. The lowest BCUT2D eigenvalue weighted by Gasteiger charge is -2.22. The Labute approximate surface area is 114 Å². The molecule has 0 bridgehead atoms. The van der Waals surface area contributed by atoms with Crippen LogP contribution in [0.15, 0.2) is 6.20 Å². The van der Waals surface area contributed by atoms with E-state index in [4.69, 9.17) is 5.73 Å². The van der Waals surface area contributed by atoms with Crippen LogP contribution < -0.4 is 5.73 Å². The van der Waals surface area contributed by atoms with Gasteiger partial charge in [0.2, 0.25) is 0 Å². The quantitative estimate of drug-likeness (QED) is 0.877. The van der Waals surface area contributed by atoms with E-state index in [0.29, 0.717) is 18.0 Å². The Hall–Kier alpha value is -1.36. The summed E-state index contributed by atoms with van der Waals surface area (Å²) in [5.74, 6) is 0.533. The molecule has 1 amide bonds. The topological polar surface area (TPSA) is 64.2 Å². The van der Waals surface area contributed by atoms with Crippen LogP contribution in [0.3, 0.4) is 0 Å². The lowest BCUT2D eigenvalue weighted by Crippen LogP contribution is -2.31. The van der Waals surface area contributed by atoms with Crippen molar-refractivity contribution >= 4 is 5.91 Å². The third kappa shape index (κ3) is 2.66. The molecule has 0 aliphatic carbocycles. The van der Waals surface area contributed by atoms with Crippen molar-refractivity contribution in [3.05, 3.63) is 17.5 Å². The average Bonchev–Trinajstić information content (AvgIpc) is 2.93. The molecule has 1 atom stereocenters. The summed E-state index contributed by atoms with van der Waals surface area (Å²) in [5, 5.41) is 4.36. The number of likely N-dealkylation sites (tertiary alicyclic amines) is 1. The van der Waals surface area contributed by atoms with Crippen LogP contribution in [0, 0.1) is 12.8 Å². The Morgan fingerprint density at radius 3 is 2.68 bits per heavy atom. The van der Waals surface area contributed by atoms with Crippen molar-refractivity contribution in [2.24, 2.45) is 11.7 Å². The van der Waals surface area contributed by atoms with Crippen molar-refractivity contribution in [3.8, 4) is 0 Å². The predicted molar refractivity (Wildman–Crippen MR) is 75.0 cm³/mol. The molecule has 5 nitrogen and oxygen atoms in total. The molecule has 1 aliphatic heterocycles. The molecule has 2 rings (SSSR count). The minimum Gasteiger partial charge on any atom is -0.338 e. The van der Waals surface area contributed by atoms with E-state index in [2.05, 4.69) is 25.9 Å². The van der Waals surface area contributed by atoms with E-state index in [1.54, 1.807) is 6.20 Å². The van der Waals surface area contributed by atoms with E-state index in [1.807, 2.05) is 16.5 Å². The molecule has 0 saturated carbocycles. The molecule has 0 unspecified atom stereocenters. The summed E-state index contributed by atoms with van der Waals surface area (Å²) in [7, 11) is 0. The summed E-state index contributed by atoms with van der Waals surface area (Å²) in [6.07, 6.45) is 2.70. The number of aromatic nitrogens is 2. The van der Waals surface area contributed by atoms with Gasteiger partial charge in [0.1, 0.15) is 0 Å². The molecule has 106 valence electrons. The zero-order valence-corrected chi connectivity index (χ0v) is 12.3. The van der Waals surface area contributed by atoms with Crippen LogP contribution >= 0.6 is 0 Å². The fourth-order valence-corrected chi connectivity index (χ4v) is 2.68. The second-order valence-electron chi connectivity index (χ2n) is 6.37. The normalized spacial score (nSPS) is 20.1. The number of nitrogens with zero attached hydrogens (tertiary/aromatic N) is 3. The van der Waals surface area contributed by atoms with Gasteiger partial charge in [-0.15, -0.1) is 0 Å². The molecule has 2 N–H and O–H groups in total. The highest BCUT2D eigenvalue weighted by Crippen LogP contribution is 2.22. The van der Waals surface area contributed by atoms with Crippen LogP contribution in [-0.4, -0.2) is 40.2 Å². The highest BCUT2D eigenvalue weighted by molar-refractivity contribution is 5.95. The van der Waals surface area contributed by atoms with Crippen molar-refractivity contribution in [1.82, 2.24) is 14.7 Å². The van der Waals surface area contributed by atoms with Crippen LogP contribution in [0.5, 0.6) is 0 Å². The Kier molecular flexibility index (Phi) is 3.67. The summed E-state index contributed by atoms with van der Waals surface area (Å²) < 4.78 is 1.91. The summed E-state index contributed by atoms with van der Waals surface area (Å²) >= 11 is 0. The standard InChI is InChI=1S/C14H24N4O/c1-10-12(8-16-18(10)14(2,3)4)13(19)17-6-5-11(7-15)9-17/h8,11H,5-7,9,15H2,1-4H3/t11-/m1/s1. The Balaban J connectivity index is 2.19.